The van der Waals surface area contributed by atoms with E-state index < -0.39 is 6.04 Å². The minimum Gasteiger partial charge on any atom is -0.338 e. The Labute approximate surface area is 215 Å². The topological polar surface area (TPSA) is 104 Å². The van der Waals surface area contributed by atoms with Crippen LogP contribution in [0.4, 0.5) is 10.9 Å². The Morgan fingerprint density at radius 1 is 1.18 bits per heavy atom. The van der Waals surface area contributed by atoms with Crippen LogP contribution in [-0.4, -0.2) is 63.8 Å². The van der Waals surface area contributed by atoms with Crippen LogP contribution in [0.25, 0.3) is 0 Å². The zero-order valence-corrected chi connectivity index (χ0v) is 22.0. The number of piperazine rings is 1. The summed E-state index contributed by atoms with van der Waals surface area (Å²) in [6, 6.07) is 11.0. The van der Waals surface area contributed by atoms with Gasteiger partial charge in [0.1, 0.15) is 10.4 Å². The average molecular weight is 562 g/mol. The number of amides is 2. The van der Waals surface area contributed by atoms with Crippen LogP contribution in [0.15, 0.2) is 56.3 Å². The molecule has 0 saturated carbocycles. The molecule has 1 atom stereocenters. The molecule has 34 heavy (non-hydrogen) atoms. The van der Waals surface area contributed by atoms with E-state index >= 15 is 0 Å². The number of hydrogen-bond donors (Lipinski definition) is 2. The third-order valence-corrected chi connectivity index (χ3v) is 7.81. The second kappa shape index (κ2) is 10.9. The van der Waals surface area contributed by atoms with Gasteiger partial charge in [-0.2, -0.15) is 0 Å². The number of rotatable bonds is 6. The molecule has 0 bridgehead atoms. The van der Waals surface area contributed by atoms with Crippen LogP contribution in [0.3, 0.4) is 0 Å². The second-order valence-corrected chi connectivity index (χ2v) is 11.2. The summed E-state index contributed by atoms with van der Waals surface area (Å²) in [6.07, 6.45) is 1.81. The molecule has 0 aliphatic carbocycles. The molecule has 8 nitrogen and oxygen atoms in total. The van der Waals surface area contributed by atoms with Gasteiger partial charge in [-0.3, -0.25) is 9.59 Å². The largest absolute Gasteiger partial charge is 0.338 e. The van der Waals surface area contributed by atoms with Crippen LogP contribution in [0.2, 0.25) is 0 Å². The van der Waals surface area contributed by atoms with Gasteiger partial charge in [-0.1, -0.05) is 35.2 Å². The van der Waals surface area contributed by atoms with Gasteiger partial charge < -0.3 is 20.9 Å². The SMILES string of the molecule is Cc1ccc(Sc2cnc(Nc3cccc(Br)n3)s2)cc1C(=O)N1CCN(C(=O)[C@@H](C)N)CC1. The van der Waals surface area contributed by atoms with Crippen molar-refractivity contribution >= 4 is 61.8 Å². The number of hydrogen-bond acceptors (Lipinski definition) is 8. The van der Waals surface area contributed by atoms with Crippen LogP contribution in [0, 0.1) is 6.92 Å². The summed E-state index contributed by atoms with van der Waals surface area (Å²) in [5.74, 6) is 0.627. The number of nitrogens with zero attached hydrogens (tertiary/aromatic N) is 4. The predicted octanol–water partition coefficient (Wildman–Crippen LogP) is 4.14. The second-order valence-electron chi connectivity index (χ2n) is 7.94. The molecule has 1 saturated heterocycles. The Hall–Kier alpha value is -2.47. The van der Waals surface area contributed by atoms with E-state index in [1.165, 1.54) is 11.3 Å². The molecular formula is C23H25BrN6O2S2. The number of halogens is 1. The lowest BCUT2D eigenvalue weighted by Gasteiger charge is -2.35. The summed E-state index contributed by atoms with van der Waals surface area (Å²) in [5.41, 5.74) is 7.32. The first kappa shape index (κ1) is 24.6. The zero-order chi connectivity index (χ0) is 24.2. The monoisotopic (exact) mass is 560 g/mol. The molecule has 2 amide bonds. The van der Waals surface area contributed by atoms with Gasteiger partial charge in [-0.25, -0.2) is 9.97 Å². The highest BCUT2D eigenvalue weighted by atomic mass is 79.9. The van der Waals surface area contributed by atoms with E-state index in [2.05, 4.69) is 31.2 Å². The molecular weight excluding hydrogens is 536 g/mol. The molecule has 3 heterocycles. The molecule has 1 aliphatic rings. The first-order chi connectivity index (χ1) is 16.3. The number of pyridine rings is 1. The van der Waals surface area contributed by atoms with Crippen molar-refractivity contribution in [2.75, 3.05) is 31.5 Å². The third-order valence-electron chi connectivity index (χ3n) is 5.36. The van der Waals surface area contributed by atoms with E-state index in [0.29, 0.717) is 37.6 Å². The molecule has 2 aromatic heterocycles. The smallest absolute Gasteiger partial charge is 0.254 e. The van der Waals surface area contributed by atoms with Gasteiger partial charge in [-0.05, 0) is 59.6 Å². The van der Waals surface area contributed by atoms with Crippen LogP contribution < -0.4 is 11.1 Å². The van der Waals surface area contributed by atoms with Crippen molar-refractivity contribution in [3.8, 4) is 0 Å². The van der Waals surface area contributed by atoms with Gasteiger partial charge in [0, 0.05) is 36.6 Å². The minimum absolute atomic E-state index is 0.0137. The van der Waals surface area contributed by atoms with E-state index in [1.807, 2.05) is 54.4 Å². The Kier molecular flexibility index (Phi) is 7.87. The molecule has 4 rings (SSSR count). The van der Waals surface area contributed by atoms with E-state index in [0.717, 1.165) is 24.4 Å². The first-order valence-electron chi connectivity index (χ1n) is 10.8. The summed E-state index contributed by atoms with van der Waals surface area (Å²) in [4.78, 5) is 38.6. The summed E-state index contributed by atoms with van der Waals surface area (Å²) in [5, 5.41) is 3.95. The number of aromatic nitrogens is 2. The number of thiazole rings is 1. The number of nitrogens with two attached hydrogens (primary N) is 1. The average Bonchev–Trinajstić information content (AvgIpc) is 3.26. The van der Waals surface area contributed by atoms with Crippen molar-refractivity contribution in [1.29, 1.82) is 0 Å². The molecule has 0 spiro atoms. The number of aryl methyl sites for hydroxylation is 1. The number of benzene rings is 1. The summed E-state index contributed by atoms with van der Waals surface area (Å²) in [6.45, 7) is 5.64. The van der Waals surface area contributed by atoms with Gasteiger partial charge in [0.05, 0.1) is 16.4 Å². The van der Waals surface area contributed by atoms with Crippen molar-refractivity contribution < 1.29 is 9.59 Å². The van der Waals surface area contributed by atoms with Crippen LogP contribution in [-0.2, 0) is 4.79 Å². The minimum atomic E-state index is -0.522. The standard InChI is InChI=1S/C23H25BrN6O2S2/c1-14-6-7-16(33-20-13-26-23(34-20)28-19-5-3-4-18(24)27-19)12-17(14)22(32)30-10-8-29(9-11-30)21(31)15(2)25/h3-7,12-13,15H,8-11,25H2,1-2H3,(H,26,27,28)/t15-/m1/s1. The summed E-state index contributed by atoms with van der Waals surface area (Å²) < 4.78 is 1.75. The van der Waals surface area contributed by atoms with E-state index in [-0.39, 0.29) is 11.8 Å². The maximum atomic E-state index is 13.2. The van der Waals surface area contributed by atoms with Gasteiger partial charge >= 0.3 is 0 Å². The Morgan fingerprint density at radius 3 is 2.62 bits per heavy atom. The van der Waals surface area contributed by atoms with E-state index in [1.54, 1.807) is 23.6 Å². The van der Waals surface area contributed by atoms with Gasteiger partial charge in [0.2, 0.25) is 5.91 Å². The van der Waals surface area contributed by atoms with Crippen LogP contribution in [0.5, 0.6) is 0 Å². The number of carbonyl (C=O) groups is 2. The molecule has 11 heteroatoms. The third kappa shape index (κ3) is 5.96. The lowest BCUT2D eigenvalue weighted by atomic mass is 10.1. The van der Waals surface area contributed by atoms with E-state index in [9.17, 15) is 9.59 Å². The normalized spacial score (nSPS) is 14.7. The fourth-order valence-corrected chi connectivity index (χ4v) is 5.79. The fraction of sp³-hybridized carbons (Fsp3) is 0.304. The highest BCUT2D eigenvalue weighted by Gasteiger charge is 2.27. The number of nitrogens with one attached hydrogen (secondary N) is 1. The zero-order valence-electron chi connectivity index (χ0n) is 18.8. The molecule has 3 aromatic rings. The quantitative estimate of drug-likeness (QED) is 0.436. The highest BCUT2D eigenvalue weighted by Crippen LogP contribution is 2.35. The summed E-state index contributed by atoms with van der Waals surface area (Å²) >= 11 is 6.46. The highest BCUT2D eigenvalue weighted by molar-refractivity contribution is 9.10. The molecule has 0 unspecified atom stereocenters. The fourth-order valence-electron chi connectivity index (χ4n) is 3.55. The van der Waals surface area contributed by atoms with Gasteiger partial charge in [-0.15, -0.1) is 0 Å². The molecule has 1 aliphatic heterocycles. The van der Waals surface area contributed by atoms with Crippen molar-refractivity contribution in [1.82, 2.24) is 19.8 Å². The van der Waals surface area contributed by atoms with Gasteiger partial charge in [0.25, 0.3) is 5.91 Å². The predicted molar refractivity (Wildman–Crippen MR) is 139 cm³/mol. The molecule has 3 N–H and O–H groups in total. The lowest BCUT2D eigenvalue weighted by molar-refractivity contribution is -0.133. The molecule has 178 valence electrons. The Bertz CT molecular complexity index is 1190. The van der Waals surface area contributed by atoms with Gasteiger partial charge in [0.15, 0.2) is 5.13 Å². The molecule has 1 aromatic carbocycles. The molecule has 1 fully saturated rings. The van der Waals surface area contributed by atoms with Crippen molar-refractivity contribution in [3.63, 3.8) is 0 Å². The lowest BCUT2D eigenvalue weighted by Crippen LogP contribution is -2.53. The van der Waals surface area contributed by atoms with E-state index in [4.69, 9.17) is 5.73 Å². The summed E-state index contributed by atoms with van der Waals surface area (Å²) in [7, 11) is 0. The first-order valence-corrected chi connectivity index (χ1v) is 13.2. The maximum absolute atomic E-state index is 13.2. The van der Waals surface area contributed by atoms with Crippen LogP contribution in [0.1, 0.15) is 22.8 Å². The van der Waals surface area contributed by atoms with Crippen molar-refractivity contribution in [2.45, 2.75) is 29.0 Å². The number of anilines is 2. The van der Waals surface area contributed by atoms with Crippen LogP contribution >= 0.6 is 39.0 Å². The maximum Gasteiger partial charge on any atom is 0.254 e. The van der Waals surface area contributed by atoms with Crippen molar-refractivity contribution in [3.05, 3.63) is 58.3 Å². The molecule has 0 radical (unpaired) electrons. The number of carbonyl (C=O) groups excluding carboxylic acids is 2. The Morgan fingerprint density at radius 2 is 1.91 bits per heavy atom. The van der Waals surface area contributed by atoms with Crippen molar-refractivity contribution in [2.24, 2.45) is 5.73 Å². The Balaban J connectivity index is 1.41.